The Kier molecular flexibility index (Phi) is 16.5. The van der Waals surface area contributed by atoms with Gasteiger partial charge in [-0.15, -0.1) is 0 Å². The highest BCUT2D eigenvalue weighted by atomic mass is 16.5. The fourth-order valence-corrected chi connectivity index (χ4v) is 1.58. The summed E-state index contributed by atoms with van der Waals surface area (Å²) in [6.45, 7) is 4.58. The summed E-state index contributed by atoms with van der Waals surface area (Å²) in [7, 11) is 0. The molecule has 0 bridgehead atoms. The molecular formula is C15H31N3O5. The molecule has 1 unspecified atom stereocenters. The Hall–Kier alpha value is -1.06. The van der Waals surface area contributed by atoms with Crippen LogP contribution in [0.15, 0.2) is 0 Å². The van der Waals surface area contributed by atoms with E-state index >= 15 is 0 Å². The summed E-state index contributed by atoms with van der Waals surface area (Å²) >= 11 is 0. The monoisotopic (exact) mass is 333 g/mol. The summed E-state index contributed by atoms with van der Waals surface area (Å²) < 4.78 is 16.0. The maximum atomic E-state index is 11.4. The van der Waals surface area contributed by atoms with E-state index in [2.05, 4.69) is 5.32 Å². The van der Waals surface area contributed by atoms with E-state index in [9.17, 15) is 9.59 Å². The van der Waals surface area contributed by atoms with Gasteiger partial charge in [-0.2, -0.15) is 0 Å². The van der Waals surface area contributed by atoms with Crippen molar-refractivity contribution in [1.29, 1.82) is 0 Å². The molecule has 1 amide bonds. The minimum Gasteiger partial charge on any atom is -0.379 e. The third kappa shape index (κ3) is 17.1. The Morgan fingerprint density at radius 3 is 2.13 bits per heavy atom. The number of hydrogen-bond acceptors (Lipinski definition) is 7. The van der Waals surface area contributed by atoms with Crippen LogP contribution in [-0.2, 0) is 23.8 Å². The molecule has 0 spiro atoms. The number of carbonyl (C=O) groups excluding carboxylic acids is 2. The number of hydrogen-bond donors (Lipinski definition) is 3. The van der Waals surface area contributed by atoms with Gasteiger partial charge in [0.15, 0.2) is 0 Å². The smallest absolute Gasteiger partial charge is 0.220 e. The van der Waals surface area contributed by atoms with Crippen LogP contribution in [0.5, 0.6) is 0 Å². The van der Waals surface area contributed by atoms with Gasteiger partial charge in [-0.05, 0) is 25.8 Å². The molecule has 0 fully saturated rings. The van der Waals surface area contributed by atoms with E-state index in [1.165, 1.54) is 0 Å². The van der Waals surface area contributed by atoms with Crippen LogP contribution < -0.4 is 16.8 Å². The topological polar surface area (TPSA) is 126 Å². The molecule has 1 atom stereocenters. The zero-order valence-electron chi connectivity index (χ0n) is 13.8. The molecule has 0 aromatic rings. The van der Waals surface area contributed by atoms with Crippen molar-refractivity contribution in [2.45, 2.75) is 31.7 Å². The van der Waals surface area contributed by atoms with Crippen LogP contribution in [0.2, 0.25) is 0 Å². The van der Waals surface area contributed by atoms with E-state index in [1.807, 2.05) is 0 Å². The first-order valence-electron chi connectivity index (χ1n) is 8.11. The molecule has 8 nitrogen and oxygen atoms in total. The van der Waals surface area contributed by atoms with Crippen molar-refractivity contribution in [2.24, 2.45) is 11.5 Å². The molecule has 5 N–H and O–H groups in total. The van der Waals surface area contributed by atoms with Crippen molar-refractivity contribution in [3.05, 3.63) is 0 Å². The minimum absolute atomic E-state index is 0.0970. The van der Waals surface area contributed by atoms with Crippen LogP contribution in [0.4, 0.5) is 0 Å². The average Bonchev–Trinajstić information content (AvgIpc) is 2.56. The molecule has 0 aromatic heterocycles. The normalized spacial score (nSPS) is 12.1. The first kappa shape index (κ1) is 21.9. The summed E-state index contributed by atoms with van der Waals surface area (Å²) in [6.07, 6.45) is 2.88. The molecule has 0 saturated carbocycles. The molecule has 0 heterocycles. The highest BCUT2D eigenvalue weighted by Crippen LogP contribution is 1.92. The van der Waals surface area contributed by atoms with Gasteiger partial charge in [-0.3, -0.25) is 4.79 Å². The summed E-state index contributed by atoms with van der Waals surface area (Å²) in [4.78, 5) is 21.7. The fourth-order valence-electron chi connectivity index (χ4n) is 1.58. The Bertz CT molecular complexity index is 292. The maximum Gasteiger partial charge on any atom is 0.220 e. The van der Waals surface area contributed by atoms with Gasteiger partial charge in [-0.1, -0.05) is 0 Å². The van der Waals surface area contributed by atoms with Crippen molar-refractivity contribution in [1.82, 2.24) is 5.32 Å². The first-order valence-corrected chi connectivity index (χ1v) is 8.11. The average molecular weight is 333 g/mol. The molecule has 0 aliphatic heterocycles. The van der Waals surface area contributed by atoms with E-state index in [0.717, 1.165) is 12.8 Å². The van der Waals surface area contributed by atoms with Gasteiger partial charge in [0.25, 0.3) is 0 Å². The lowest BCUT2D eigenvalue weighted by Crippen LogP contribution is -2.28. The quantitative estimate of drug-likeness (QED) is 0.235. The van der Waals surface area contributed by atoms with Gasteiger partial charge in [0.05, 0.1) is 32.5 Å². The van der Waals surface area contributed by atoms with E-state index in [1.54, 1.807) is 0 Å². The van der Waals surface area contributed by atoms with Gasteiger partial charge < -0.3 is 35.8 Å². The van der Waals surface area contributed by atoms with Gasteiger partial charge in [0.2, 0.25) is 5.91 Å². The van der Waals surface area contributed by atoms with Crippen molar-refractivity contribution in [3.63, 3.8) is 0 Å². The number of nitrogens with one attached hydrogen (secondary N) is 1. The maximum absolute atomic E-state index is 11.4. The van der Waals surface area contributed by atoms with Gasteiger partial charge in [0.1, 0.15) is 6.29 Å². The molecule has 0 radical (unpaired) electrons. The zero-order chi connectivity index (χ0) is 17.2. The lowest BCUT2D eigenvalue weighted by molar-refractivity contribution is -0.121. The van der Waals surface area contributed by atoms with E-state index in [0.29, 0.717) is 65.4 Å². The predicted octanol–water partition coefficient (Wildman–Crippen LogP) is -0.802. The molecule has 0 aromatic carbocycles. The van der Waals surface area contributed by atoms with Crippen molar-refractivity contribution < 1.29 is 23.8 Å². The van der Waals surface area contributed by atoms with Crippen LogP contribution in [0.1, 0.15) is 25.7 Å². The van der Waals surface area contributed by atoms with Crippen LogP contribution >= 0.6 is 0 Å². The fraction of sp³-hybridized carbons (Fsp3) is 0.867. The Morgan fingerprint density at radius 2 is 1.57 bits per heavy atom. The molecule has 0 aliphatic rings. The van der Waals surface area contributed by atoms with Crippen molar-refractivity contribution >= 4 is 12.2 Å². The number of ether oxygens (including phenoxy) is 3. The minimum atomic E-state index is -0.560. The Labute approximate surface area is 138 Å². The molecule has 0 saturated heterocycles. The summed E-state index contributed by atoms with van der Waals surface area (Å²) in [5.41, 5.74) is 10.7. The Balaban J connectivity index is 3.15. The van der Waals surface area contributed by atoms with Gasteiger partial charge >= 0.3 is 0 Å². The highest BCUT2D eigenvalue weighted by Gasteiger charge is 2.05. The number of carbonyl (C=O) groups is 2. The third-order valence-corrected chi connectivity index (χ3v) is 2.90. The highest BCUT2D eigenvalue weighted by molar-refractivity contribution is 5.76. The van der Waals surface area contributed by atoms with Gasteiger partial charge in [0, 0.05) is 26.2 Å². The summed E-state index contributed by atoms with van der Waals surface area (Å²) in [5.74, 6) is -0.0970. The second kappa shape index (κ2) is 17.3. The van der Waals surface area contributed by atoms with Crippen molar-refractivity contribution in [2.75, 3.05) is 52.7 Å². The molecule has 0 rings (SSSR count). The molecule has 8 heteroatoms. The van der Waals surface area contributed by atoms with E-state index in [4.69, 9.17) is 25.7 Å². The van der Waals surface area contributed by atoms with E-state index < -0.39 is 6.04 Å². The molecule has 136 valence electrons. The predicted molar refractivity (Wildman–Crippen MR) is 87.0 cm³/mol. The summed E-state index contributed by atoms with van der Waals surface area (Å²) in [5, 5.41) is 2.75. The number of rotatable bonds is 17. The second-order valence-electron chi connectivity index (χ2n) is 5.02. The zero-order valence-corrected chi connectivity index (χ0v) is 13.8. The van der Waals surface area contributed by atoms with Crippen LogP contribution in [0.3, 0.4) is 0 Å². The SMILES string of the molecule is NCCCOCCOCCOCCCNC(=O)CCC(N)C=O. The standard InChI is InChI=1S/C15H31N3O5/c16-5-1-7-21-9-11-23-12-10-22-8-2-6-18-15(20)4-3-14(17)13-19/h13-14H,1-12,16-17H2,(H,18,20). The lowest BCUT2D eigenvalue weighted by atomic mass is 10.2. The van der Waals surface area contributed by atoms with Crippen LogP contribution in [-0.4, -0.2) is 71.0 Å². The van der Waals surface area contributed by atoms with Crippen LogP contribution in [0.25, 0.3) is 0 Å². The number of nitrogens with two attached hydrogens (primary N) is 2. The Morgan fingerprint density at radius 1 is 1.00 bits per heavy atom. The summed E-state index contributed by atoms with van der Waals surface area (Å²) in [6, 6.07) is -0.560. The largest absolute Gasteiger partial charge is 0.379 e. The molecule has 0 aliphatic carbocycles. The number of aldehydes is 1. The number of amides is 1. The second-order valence-corrected chi connectivity index (χ2v) is 5.02. The van der Waals surface area contributed by atoms with E-state index in [-0.39, 0.29) is 12.3 Å². The lowest BCUT2D eigenvalue weighted by Gasteiger charge is -2.08. The van der Waals surface area contributed by atoms with Crippen LogP contribution in [0, 0.1) is 0 Å². The third-order valence-electron chi connectivity index (χ3n) is 2.90. The molecular weight excluding hydrogens is 302 g/mol. The first-order chi connectivity index (χ1) is 11.2. The van der Waals surface area contributed by atoms with Gasteiger partial charge in [-0.25, -0.2) is 0 Å². The molecule has 23 heavy (non-hydrogen) atoms. The van der Waals surface area contributed by atoms with Crippen molar-refractivity contribution in [3.8, 4) is 0 Å².